The molecule has 2 aliphatic rings. The zero-order chi connectivity index (χ0) is 20.5. The molecule has 5 rings (SSSR count). The summed E-state index contributed by atoms with van der Waals surface area (Å²) in [6.07, 6.45) is 7.07. The molecule has 2 aliphatic heterocycles. The molecule has 1 atom stereocenters. The predicted molar refractivity (Wildman–Crippen MR) is 113 cm³/mol. The Morgan fingerprint density at radius 2 is 2.10 bits per heavy atom. The first-order valence-corrected chi connectivity index (χ1v) is 10.8. The fourth-order valence-corrected chi connectivity index (χ4v) is 4.62. The van der Waals surface area contributed by atoms with Gasteiger partial charge in [0, 0.05) is 24.7 Å². The second kappa shape index (κ2) is 7.97. The number of carbonyl (C=O) groups is 1. The number of fused-ring (bicyclic) bond motifs is 2. The largest absolute Gasteiger partial charge is 0.467 e. The number of benzene rings is 1. The van der Waals surface area contributed by atoms with E-state index in [9.17, 15) is 4.79 Å². The minimum atomic E-state index is -0.134. The molecule has 0 radical (unpaired) electrons. The number of carbonyl (C=O) groups excluding carboxylic acids is 1. The Bertz CT molecular complexity index is 1050. The van der Waals surface area contributed by atoms with Crippen LogP contribution < -0.4 is 10.2 Å². The third-order valence-electron chi connectivity index (χ3n) is 6.25. The van der Waals surface area contributed by atoms with Gasteiger partial charge in [0.15, 0.2) is 5.82 Å². The number of anilines is 1. The maximum atomic E-state index is 12.9. The molecule has 7 heteroatoms. The van der Waals surface area contributed by atoms with E-state index in [2.05, 4.69) is 56.2 Å². The molecule has 1 aromatic carbocycles. The van der Waals surface area contributed by atoms with Gasteiger partial charge in [0.25, 0.3) is 5.91 Å². The minimum Gasteiger partial charge on any atom is -0.467 e. The van der Waals surface area contributed by atoms with Gasteiger partial charge in [-0.3, -0.25) is 4.79 Å². The van der Waals surface area contributed by atoms with E-state index in [1.807, 2.05) is 0 Å². The first kappa shape index (κ1) is 18.9. The fourth-order valence-electron chi connectivity index (χ4n) is 4.62. The van der Waals surface area contributed by atoms with Gasteiger partial charge in [-0.2, -0.15) is 0 Å². The van der Waals surface area contributed by atoms with Crippen LogP contribution in [0, 0.1) is 0 Å². The van der Waals surface area contributed by atoms with Crippen LogP contribution in [0.3, 0.4) is 0 Å². The van der Waals surface area contributed by atoms with Crippen molar-refractivity contribution >= 4 is 11.6 Å². The van der Waals surface area contributed by atoms with Gasteiger partial charge in [-0.15, -0.1) is 10.2 Å². The molecule has 7 nitrogen and oxygen atoms in total. The van der Waals surface area contributed by atoms with E-state index < -0.39 is 0 Å². The maximum Gasteiger partial charge on any atom is 0.255 e. The van der Waals surface area contributed by atoms with Gasteiger partial charge >= 0.3 is 0 Å². The summed E-state index contributed by atoms with van der Waals surface area (Å²) in [5, 5.41) is 11.6. The van der Waals surface area contributed by atoms with Gasteiger partial charge in [-0.25, -0.2) is 0 Å². The van der Waals surface area contributed by atoms with Crippen molar-refractivity contribution in [3.63, 3.8) is 0 Å². The second-order valence-electron chi connectivity index (χ2n) is 8.24. The lowest BCUT2D eigenvalue weighted by atomic mass is 10.1. The van der Waals surface area contributed by atoms with E-state index in [0.717, 1.165) is 43.9 Å². The molecular formula is C23H27N5O2. The molecule has 2 aromatic heterocycles. The van der Waals surface area contributed by atoms with E-state index in [4.69, 9.17) is 4.42 Å². The van der Waals surface area contributed by atoms with Crippen molar-refractivity contribution in [1.82, 2.24) is 20.1 Å². The third kappa shape index (κ3) is 3.49. The summed E-state index contributed by atoms with van der Waals surface area (Å²) in [7, 11) is 0. The van der Waals surface area contributed by atoms with Crippen LogP contribution in [0.4, 0.5) is 5.69 Å². The van der Waals surface area contributed by atoms with Gasteiger partial charge in [0.2, 0.25) is 0 Å². The Hall–Kier alpha value is -3.09. The quantitative estimate of drug-likeness (QED) is 0.703. The minimum absolute atomic E-state index is 0.134. The van der Waals surface area contributed by atoms with Gasteiger partial charge in [0.05, 0.1) is 24.9 Å². The van der Waals surface area contributed by atoms with Gasteiger partial charge in [-0.05, 0) is 43.9 Å². The Kier molecular flexibility index (Phi) is 5.02. The standard InChI is InChI=1S/C23H27N5O2/c1-16-13-17-7-4-5-8-19(17)28(16)15-20-18(10-12-30-20)23(29)24-14-22-26-25-21-9-3-2-6-11-27(21)22/h4-5,7-8,10,12,16H,2-3,6,9,11,13-15H2,1H3,(H,24,29). The predicted octanol–water partition coefficient (Wildman–Crippen LogP) is 3.48. The maximum absolute atomic E-state index is 12.9. The van der Waals surface area contributed by atoms with Crippen LogP contribution in [0.1, 0.15) is 59.5 Å². The molecule has 0 saturated carbocycles. The van der Waals surface area contributed by atoms with Crippen molar-refractivity contribution in [3.05, 3.63) is 65.1 Å². The van der Waals surface area contributed by atoms with E-state index in [1.165, 1.54) is 17.7 Å². The normalized spacial score (nSPS) is 18.0. The third-order valence-corrected chi connectivity index (χ3v) is 6.25. The molecule has 0 aliphatic carbocycles. The molecule has 1 unspecified atom stereocenters. The van der Waals surface area contributed by atoms with Crippen LogP contribution >= 0.6 is 0 Å². The first-order chi connectivity index (χ1) is 14.7. The van der Waals surface area contributed by atoms with Crippen LogP contribution in [-0.4, -0.2) is 26.7 Å². The highest BCUT2D eigenvalue weighted by molar-refractivity contribution is 5.95. The SMILES string of the molecule is CC1Cc2ccccc2N1Cc1occc1C(=O)NCc1nnc2n1CCCCC2. The van der Waals surface area contributed by atoms with Crippen LogP contribution in [0.2, 0.25) is 0 Å². The summed E-state index contributed by atoms with van der Waals surface area (Å²) < 4.78 is 7.88. The lowest BCUT2D eigenvalue weighted by molar-refractivity contribution is 0.0947. The number of aromatic nitrogens is 3. The Morgan fingerprint density at radius 1 is 1.20 bits per heavy atom. The number of nitrogens with zero attached hydrogens (tertiary/aromatic N) is 4. The number of aryl methyl sites for hydroxylation is 1. The lowest BCUT2D eigenvalue weighted by Gasteiger charge is -2.24. The van der Waals surface area contributed by atoms with Gasteiger partial charge in [-0.1, -0.05) is 24.6 Å². The van der Waals surface area contributed by atoms with Crippen molar-refractivity contribution in [3.8, 4) is 0 Å². The van der Waals surface area contributed by atoms with E-state index in [1.54, 1.807) is 12.3 Å². The van der Waals surface area contributed by atoms with Crippen molar-refractivity contribution in [2.75, 3.05) is 4.90 Å². The lowest BCUT2D eigenvalue weighted by Crippen LogP contribution is -2.30. The number of furan rings is 1. The molecule has 156 valence electrons. The van der Waals surface area contributed by atoms with Gasteiger partial charge < -0.3 is 19.2 Å². The molecule has 0 spiro atoms. The highest BCUT2D eigenvalue weighted by Crippen LogP contribution is 2.33. The average molecular weight is 406 g/mol. The van der Waals surface area contributed by atoms with Gasteiger partial charge in [0.1, 0.15) is 11.6 Å². The molecule has 1 amide bonds. The van der Waals surface area contributed by atoms with Crippen LogP contribution in [0.5, 0.6) is 0 Å². The number of nitrogens with one attached hydrogen (secondary N) is 1. The summed E-state index contributed by atoms with van der Waals surface area (Å²) in [6.45, 7) is 4.09. The number of hydrogen-bond acceptors (Lipinski definition) is 5. The summed E-state index contributed by atoms with van der Waals surface area (Å²) in [4.78, 5) is 15.2. The molecule has 30 heavy (non-hydrogen) atoms. The molecule has 0 saturated heterocycles. The van der Waals surface area contributed by atoms with E-state index in [0.29, 0.717) is 30.5 Å². The van der Waals surface area contributed by atoms with Crippen molar-refractivity contribution in [2.24, 2.45) is 0 Å². The number of rotatable bonds is 5. The Labute approximate surface area is 176 Å². The highest BCUT2D eigenvalue weighted by atomic mass is 16.3. The zero-order valence-electron chi connectivity index (χ0n) is 17.3. The molecule has 1 N–H and O–H groups in total. The van der Waals surface area contributed by atoms with E-state index in [-0.39, 0.29) is 5.91 Å². The van der Waals surface area contributed by atoms with Crippen LogP contribution in [0.15, 0.2) is 41.0 Å². The molecule has 0 fully saturated rings. The van der Waals surface area contributed by atoms with Crippen molar-refractivity contribution in [1.29, 1.82) is 0 Å². The second-order valence-corrected chi connectivity index (χ2v) is 8.24. The highest BCUT2D eigenvalue weighted by Gasteiger charge is 2.28. The molecule has 0 bridgehead atoms. The topological polar surface area (TPSA) is 76.2 Å². The van der Waals surface area contributed by atoms with Crippen molar-refractivity contribution in [2.45, 2.75) is 64.7 Å². The first-order valence-electron chi connectivity index (χ1n) is 10.8. The smallest absolute Gasteiger partial charge is 0.255 e. The number of amides is 1. The molecule has 4 heterocycles. The molecule has 3 aromatic rings. The number of para-hydroxylation sites is 1. The Morgan fingerprint density at radius 3 is 3.03 bits per heavy atom. The fraction of sp³-hybridized carbons (Fsp3) is 0.435. The Balaban J connectivity index is 1.28. The van der Waals surface area contributed by atoms with Crippen LogP contribution in [-0.2, 0) is 32.5 Å². The average Bonchev–Trinajstić information content (AvgIpc) is 3.40. The summed E-state index contributed by atoms with van der Waals surface area (Å²) in [6, 6.07) is 10.6. The summed E-state index contributed by atoms with van der Waals surface area (Å²) in [5.74, 6) is 2.41. The van der Waals surface area contributed by atoms with Crippen LogP contribution in [0.25, 0.3) is 0 Å². The summed E-state index contributed by atoms with van der Waals surface area (Å²) >= 11 is 0. The monoisotopic (exact) mass is 405 g/mol. The number of hydrogen-bond donors (Lipinski definition) is 1. The zero-order valence-corrected chi connectivity index (χ0v) is 17.3. The van der Waals surface area contributed by atoms with Crippen molar-refractivity contribution < 1.29 is 9.21 Å². The molecular weight excluding hydrogens is 378 g/mol. The van der Waals surface area contributed by atoms with E-state index >= 15 is 0 Å². The summed E-state index contributed by atoms with van der Waals surface area (Å²) in [5.41, 5.74) is 3.15.